The van der Waals surface area contributed by atoms with Crippen LogP contribution in [0.15, 0.2) is 53.0 Å². The zero-order chi connectivity index (χ0) is 19.9. The number of halogens is 1. The van der Waals surface area contributed by atoms with Gasteiger partial charge in [0.2, 0.25) is 0 Å². The van der Waals surface area contributed by atoms with Crippen molar-refractivity contribution in [1.82, 2.24) is 9.78 Å². The third-order valence-corrected chi connectivity index (χ3v) is 6.41. The molecule has 1 aromatic heterocycles. The average molecular weight is 462 g/mol. The number of nitrogens with one attached hydrogen (secondary N) is 1. The SMILES string of the molecule is COc1ccc(-n2nc3c(c2NC(=O)c2ccc(Br)cc2)CS(=O)(=O)C3)cc1. The minimum absolute atomic E-state index is 0.132. The number of nitrogens with zero attached hydrogens (tertiary/aromatic N) is 2. The summed E-state index contributed by atoms with van der Waals surface area (Å²) >= 11 is 3.34. The minimum atomic E-state index is -3.25. The molecule has 0 aliphatic carbocycles. The number of carbonyl (C=O) groups excluding carboxylic acids is 1. The van der Waals surface area contributed by atoms with Crippen LogP contribution in [0.5, 0.6) is 5.75 Å². The highest BCUT2D eigenvalue weighted by Crippen LogP contribution is 2.33. The Morgan fingerprint density at radius 2 is 1.79 bits per heavy atom. The smallest absolute Gasteiger partial charge is 0.256 e. The predicted octanol–water partition coefficient (Wildman–Crippen LogP) is 3.32. The molecule has 1 N–H and O–H groups in total. The van der Waals surface area contributed by atoms with E-state index in [1.807, 2.05) is 0 Å². The Kier molecular flexibility index (Phi) is 4.72. The van der Waals surface area contributed by atoms with Crippen LogP contribution < -0.4 is 10.1 Å². The molecule has 2 aromatic carbocycles. The van der Waals surface area contributed by atoms with Crippen molar-refractivity contribution in [2.45, 2.75) is 11.5 Å². The van der Waals surface area contributed by atoms with Crippen LogP contribution >= 0.6 is 15.9 Å². The Hall–Kier alpha value is -2.65. The fourth-order valence-corrected chi connectivity index (χ4v) is 4.82. The maximum Gasteiger partial charge on any atom is 0.256 e. The Balaban J connectivity index is 1.75. The van der Waals surface area contributed by atoms with E-state index in [1.54, 1.807) is 60.3 Å². The molecule has 0 atom stereocenters. The first kappa shape index (κ1) is 18.7. The van der Waals surface area contributed by atoms with Crippen LogP contribution in [0, 0.1) is 0 Å². The van der Waals surface area contributed by atoms with E-state index in [4.69, 9.17) is 4.74 Å². The van der Waals surface area contributed by atoms with Gasteiger partial charge in [-0.2, -0.15) is 5.10 Å². The number of carbonyl (C=O) groups is 1. The number of rotatable bonds is 4. The standard InChI is InChI=1S/C19H16BrN3O4S/c1-27-15-8-6-14(7-9-15)23-18(16-10-28(25,26)11-17(16)22-23)21-19(24)12-2-4-13(20)5-3-12/h2-9H,10-11H2,1H3,(H,21,24). The van der Waals surface area contributed by atoms with Crippen molar-refractivity contribution in [2.75, 3.05) is 12.4 Å². The lowest BCUT2D eigenvalue weighted by Gasteiger charge is -2.12. The number of benzene rings is 2. The van der Waals surface area contributed by atoms with Gasteiger partial charge in [-0.25, -0.2) is 13.1 Å². The molecule has 1 aliphatic rings. The lowest BCUT2D eigenvalue weighted by Crippen LogP contribution is -2.17. The molecule has 2 heterocycles. The summed E-state index contributed by atoms with van der Waals surface area (Å²) < 4.78 is 31.7. The Morgan fingerprint density at radius 1 is 1.11 bits per heavy atom. The van der Waals surface area contributed by atoms with E-state index in [0.717, 1.165) is 4.47 Å². The number of ether oxygens (including phenoxy) is 1. The summed E-state index contributed by atoms with van der Waals surface area (Å²) in [6.07, 6.45) is 0. The van der Waals surface area contributed by atoms with E-state index in [-0.39, 0.29) is 17.4 Å². The van der Waals surface area contributed by atoms with Crippen molar-refractivity contribution >= 4 is 37.5 Å². The van der Waals surface area contributed by atoms with Crippen LogP contribution in [0.1, 0.15) is 21.6 Å². The summed E-state index contributed by atoms with van der Waals surface area (Å²) in [7, 11) is -1.68. The van der Waals surface area contributed by atoms with Crippen molar-refractivity contribution in [1.29, 1.82) is 0 Å². The Morgan fingerprint density at radius 3 is 2.43 bits per heavy atom. The second kappa shape index (κ2) is 7.06. The fraction of sp³-hybridized carbons (Fsp3) is 0.158. The van der Waals surface area contributed by atoms with Gasteiger partial charge in [-0.3, -0.25) is 4.79 Å². The number of anilines is 1. The first-order valence-electron chi connectivity index (χ1n) is 8.39. The highest BCUT2D eigenvalue weighted by atomic mass is 79.9. The highest BCUT2D eigenvalue weighted by molar-refractivity contribution is 9.10. The van der Waals surface area contributed by atoms with Gasteiger partial charge in [-0.05, 0) is 48.5 Å². The zero-order valence-corrected chi connectivity index (χ0v) is 17.2. The second-order valence-corrected chi connectivity index (χ2v) is 9.36. The van der Waals surface area contributed by atoms with Gasteiger partial charge in [0.1, 0.15) is 11.6 Å². The highest BCUT2D eigenvalue weighted by Gasteiger charge is 2.33. The van der Waals surface area contributed by atoms with E-state index in [1.165, 1.54) is 0 Å². The molecule has 0 spiro atoms. The maximum absolute atomic E-state index is 12.7. The molecule has 0 saturated heterocycles. The number of fused-ring (bicyclic) bond motifs is 1. The van der Waals surface area contributed by atoms with Crippen molar-refractivity contribution in [3.05, 3.63) is 69.8 Å². The molecule has 4 rings (SSSR count). The van der Waals surface area contributed by atoms with Crippen LogP contribution in [0.2, 0.25) is 0 Å². The second-order valence-electron chi connectivity index (χ2n) is 6.38. The summed E-state index contributed by atoms with van der Waals surface area (Å²) in [5, 5.41) is 7.29. The van der Waals surface area contributed by atoms with Gasteiger partial charge in [-0.1, -0.05) is 15.9 Å². The molecule has 144 valence electrons. The van der Waals surface area contributed by atoms with Crippen LogP contribution in [0.4, 0.5) is 5.82 Å². The van der Waals surface area contributed by atoms with E-state index in [9.17, 15) is 13.2 Å². The number of aromatic nitrogens is 2. The summed E-state index contributed by atoms with van der Waals surface area (Å²) in [5.41, 5.74) is 2.14. The van der Waals surface area contributed by atoms with Crippen LogP contribution in [0.3, 0.4) is 0 Å². The summed E-state index contributed by atoms with van der Waals surface area (Å²) in [6, 6.07) is 14.1. The molecule has 1 aliphatic heterocycles. The van der Waals surface area contributed by atoms with Gasteiger partial charge in [-0.15, -0.1) is 0 Å². The van der Waals surface area contributed by atoms with Crippen LogP contribution in [-0.4, -0.2) is 31.2 Å². The third-order valence-electron chi connectivity index (χ3n) is 4.44. The van der Waals surface area contributed by atoms with Crippen LogP contribution in [-0.2, 0) is 21.3 Å². The minimum Gasteiger partial charge on any atom is -0.497 e. The molecule has 0 radical (unpaired) electrons. The van der Waals surface area contributed by atoms with E-state index in [0.29, 0.717) is 34.1 Å². The van der Waals surface area contributed by atoms with Crippen LogP contribution in [0.25, 0.3) is 5.69 Å². The molecular weight excluding hydrogens is 446 g/mol. The molecule has 7 nitrogen and oxygen atoms in total. The Labute approximate surface area is 170 Å². The molecule has 0 saturated carbocycles. The quantitative estimate of drug-likeness (QED) is 0.643. The zero-order valence-electron chi connectivity index (χ0n) is 14.8. The van der Waals surface area contributed by atoms with Gasteiger partial charge in [0, 0.05) is 15.6 Å². The van der Waals surface area contributed by atoms with Gasteiger partial charge in [0.25, 0.3) is 5.91 Å². The summed E-state index contributed by atoms with van der Waals surface area (Å²) in [5.74, 6) is 0.441. The largest absolute Gasteiger partial charge is 0.497 e. The third kappa shape index (κ3) is 3.55. The maximum atomic E-state index is 12.7. The number of sulfone groups is 1. The molecule has 0 fully saturated rings. The summed E-state index contributed by atoms with van der Waals surface area (Å²) in [4.78, 5) is 12.7. The topological polar surface area (TPSA) is 90.3 Å². The fourth-order valence-electron chi connectivity index (χ4n) is 3.06. The summed E-state index contributed by atoms with van der Waals surface area (Å²) in [6.45, 7) is 0. The normalized spacial score (nSPS) is 14.5. The molecule has 3 aromatic rings. The molecular formula is C19H16BrN3O4S. The molecule has 9 heteroatoms. The Bertz CT molecular complexity index is 1150. The lowest BCUT2D eigenvalue weighted by atomic mass is 10.2. The number of amides is 1. The van der Waals surface area contributed by atoms with E-state index < -0.39 is 9.84 Å². The number of hydrogen-bond donors (Lipinski definition) is 1. The van der Waals surface area contributed by atoms with Gasteiger partial charge >= 0.3 is 0 Å². The van der Waals surface area contributed by atoms with Gasteiger partial charge < -0.3 is 10.1 Å². The number of methoxy groups -OCH3 is 1. The first-order chi connectivity index (χ1) is 13.4. The van der Waals surface area contributed by atoms with E-state index in [2.05, 4.69) is 26.3 Å². The van der Waals surface area contributed by atoms with Crippen molar-refractivity contribution in [2.24, 2.45) is 0 Å². The lowest BCUT2D eigenvalue weighted by molar-refractivity contribution is 0.102. The molecule has 1 amide bonds. The van der Waals surface area contributed by atoms with Crippen molar-refractivity contribution in [3.63, 3.8) is 0 Å². The molecule has 0 unspecified atom stereocenters. The number of hydrogen-bond acceptors (Lipinski definition) is 5. The molecule has 0 bridgehead atoms. The van der Waals surface area contributed by atoms with Crippen molar-refractivity contribution < 1.29 is 17.9 Å². The van der Waals surface area contributed by atoms with Crippen molar-refractivity contribution in [3.8, 4) is 11.4 Å². The first-order valence-corrected chi connectivity index (χ1v) is 11.0. The van der Waals surface area contributed by atoms with E-state index >= 15 is 0 Å². The van der Waals surface area contributed by atoms with Gasteiger partial charge in [0.05, 0.1) is 30.0 Å². The van der Waals surface area contributed by atoms with Gasteiger partial charge in [0.15, 0.2) is 9.84 Å². The monoisotopic (exact) mass is 461 g/mol. The molecule has 28 heavy (non-hydrogen) atoms. The predicted molar refractivity (Wildman–Crippen MR) is 109 cm³/mol. The average Bonchev–Trinajstić information content (AvgIpc) is 3.15.